The predicted octanol–water partition coefficient (Wildman–Crippen LogP) is 2.75. The fourth-order valence-corrected chi connectivity index (χ4v) is 2.46. The molecule has 0 saturated carbocycles. The molecule has 0 unspecified atom stereocenters. The summed E-state index contributed by atoms with van der Waals surface area (Å²) in [6, 6.07) is 5.63. The van der Waals surface area contributed by atoms with E-state index in [1.54, 1.807) is 12.4 Å². The minimum absolute atomic E-state index is 0.342. The van der Waals surface area contributed by atoms with Crippen molar-refractivity contribution in [3.05, 3.63) is 35.6 Å². The highest BCUT2D eigenvalue weighted by Crippen LogP contribution is 2.37. The SMILES string of the molecule is Cc1ncc(-c2onc(N)c2-c2ccccn2)s1. The summed E-state index contributed by atoms with van der Waals surface area (Å²) in [5.74, 6) is 0.964. The molecule has 0 amide bonds. The van der Waals surface area contributed by atoms with Crippen molar-refractivity contribution in [2.45, 2.75) is 6.92 Å². The lowest BCUT2D eigenvalue weighted by atomic mass is 10.1. The van der Waals surface area contributed by atoms with Crippen LogP contribution in [0.3, 0.4) is 0 Å². The maximum Gasteiger partial charge on any atom is 0.190 e. The van der Waals surface area contributed by atoms with Crippen LogP contribution in [-0.2, 0) is 0 Å². The molecule has 6 heteroatoms. The first kappa shape index (κ1) is 10.9. The van der Waals surface area contributed by atoms with Gasteiger partial charge in [0.15, 0.2) is 11.6 Å². The van der Waals surface area contributed by atoms with Gasteiger partial charge in [0.25, 0.3) is 0 Å². The fourth-order valence-electron chi connectivity index (χ4n) is 1.70. The summed E-state index contributed by atoms with van der Waals surface area (Å²) in [4.78, 5) is 9.39. The Bertz CT molecular complexity index is 674. The van der Waals surface area contributed by atoms with Gasteiger partial charge in [-0.1, -0.05) is 11.2 Å². The maximum atomic E-state index is 5.86. The number of thiazole rings is 1. The van der Waals surface area contributed by atoms with Crippen LogP contribution < -0.4 is 5.73 Å². The normalized spacial score (nSPS) is 10.7. The summed E-state index contributed by atoms with van der Waals surface area (Å²) in [7, 11) is 0. The molecule has 0 fully saturated rings. The number of hydrogen-bond donors (Lipinski definition) is 1. The molecule has 3 heterocycles. The van der Waals surface area contributed by atoms with Gasteiger partial charge in [0.2, 0.25) is 0 Å². The minimum Gasteiger partial charge on any atom is -0.380 e. The third-order valence-corrected chi connectivity index (χ3v) is 3.40. The van der Waals surface area contributed by atoms with Crippen LogP contribution >= 0.6 is 11.3 Å². The van der Waals surface area contributed by atoms with Crippen LogP contribution in [0.2, 0.25) is 0 Å². The second-order valence-corrected chi connectivity index (χ2v) is 4.97. The Labute approximate surface area is 107 Å². The molecular weight excluding hydrogens is 248 g/mol. The summed E-state index contributed by atoms with van der Waals surface area (Å²) in [5.41, 5.74) is 7.33. The van der Waals surface area contributed by atoms with Gasteiger partial charge in [-0.05, 0) is 19.1 Å². The molecule has 0 aromatic carbocycles. The molecule has 5 nitrogen and oxygen atoms in total. The number of pyridine rings is 1. The Kier molecular flexibility index (Phi) is 2.56. The van der Waals surface area contributed by atoms with Crippen molar-refractivity contribution in [3.8, 4) is 21.9 Å². The summed E-state index contributed by atoms with van der Waals surface area (Å²) in [6.07, 6.45) is 3.47. The largest absolute Gasteiger partial charge is 0.380 e. The van der Waals surface area contributed by atoms with Gasteiger partial charge >= 0.3 is 0 Å². The van der Waals surface area contributed by atoms with E-state index in [-0.39, 0.29) is 0 Å². The minimum atomic E-state index is 0.342. The van der Waals surface area contributed by atoms with Crippen molar-refractivity contribution in [3.63, 3.8) is 0 Å². The van der Waals surface area contributed by atoms with Crippen molar-refractivity contribution in [1.29, 1.82) is 0 Å². The number of anilines is 1. The summed E-state index contributed by atoms with van der Waals surface area (Å²) < 4.78 is 5.30. The molecular formula is C12H10N4OS. The summed E-state index contributed by atoms with van der Waals surface area (Å²) in [5, 5.41) is 4.79. The van der Waals surface area contributed by atoms with Crippen LogP contribution in [0.1, 0.15) is 5.01 Å². The number of hydrogen-bond acceptors (Lipinski definition) is 6. The topological polar surface area (TPSA) is 77.8 Å². The molecule has 0 atom stereocenters. The highest BCUT2D eigenvalue weighted by atomic mass is 32.1. The van der Waals surface area contributed by atoms with E-state index in [4.69, 9.17) is 10.3 Å². The lowest BCUT2D eigenvalue weighted by Crippen LogP contribution is -1.90. The standard InChI is InChI=1S/C12H10N4OS/c1-7-15-6-9(18-7)11-10(12(13)16-17-11)8-4-2-3-5-14-8/h2-6H,1H3,(H2,13,16). The van der Waals surface area contributed by atoms with Gasteiger partial charge < -0.3 is 10.3 Å². The zero-order chi connectivity index (χ0) is 12.5. The highest BCUT2D eigenvalue weighted by molar-refractivity contribution is 7.15. The van der Waals surface area contributed by atoms with Gasteiger partial charge in [-0.3, -0.25) is 4.98 Å². The molecule has 0 saturated heterocycles. The number of nitrogen functional groups attached to an aromatic ring is 1. The third-order valence-electron chi connectivity index (χ3n) is 2.48. The smallest absolute Gasteiger partial charge is 0.190 e. The van der Waals surface area contributed by atoms with Gasteiger partial charge in [0.1, 0.15) is 0 Å². The Morgan fingerprint density at radius 2 is 2.17 bits per heavy atom. The van der Waals surface area contributed by atoms with E-state index >= 15 is 0 Å². The lowest BCUT2D eigenvalue weighted by molar-refractivity contribution is 0.437. The molecule has 18 heavy (non-hydrogen) atoms. The van der Waals surface area contributed by atoms with E-state index in [0.29, 0.717) is 11.6 Å². The second-order valence-electron chi connectivity index (χ2n) is 3.73. The van der Waals surface area contributed by atoms with E-state index in [2.05, 4.69) is 15.1 Å². The van der Waals surface area contributed by atoms with Crippen LogP contribution in [0.5, 0.6) is 0 Å². The maximum absolute atomic E-state index is 5.86. The fraction of sp³-hybridized carbons (Fsp3) is 0.0833. The second kappa shape index (κ2) is 4.23. The monoisotopic (exact) mass is 258 g/mol. The van der Waals surface area contributed by atoms with E-state index in [1.165, 1.54) is 11.3 Å². The first-order valence-electron chi connectivity index (χ1n) is 5.35. The zero-order valence-corrected chi connectivity index (χ0v) is 10.4. The average molecular weight is 258 g/mol. The molecule has 0 bridgehead atoms. The number of rotatable bonds is 2. The van der Waals surface area contributed by atoms with E-state index < -0.39 is 0 Å². The van der Waals surface area contributed by atoms with Crippen molar-refractivity contribution in [2.24, 2.45) is 0 Å². The molecule has 0 spiro atoms. The van der Waals surface area contributed by atoms with E-state index in [0.717, 1.165) is 21.1 Å². The van der Waals surface area contributed by atoms with Gasteiger partial charge in [0, 0.05) is 12.4 Å². The van der Waals surface area contributed by atoms with Crippen molar-refractivity contribution >= 4 is 17.2 Å². The lowest BCUT2D eigenvalue weighted by Gasteiger charge is -1.98. The van der Waals surface area contributed by atoms with Gasteiger partial charge in [0.05, 0.1) is 21.1 Å². The molecule has 0 aliphatic heterocycles. The molecule has 2 N–H and O–H groups in total. The zero-order valence-electron chi connectivity index (χ0n) is 9.62. The highest BCUT2D eigenvalue weighted by Gasteiger charge is 2.19. The molecule has 0 aliphatic carbocycles. The Hall–Kier alpha value is -2.21. The van der Waals surface area contributed by atoms with Gasteiger partial charge in [-0.15, -0.1) is 11.3 Å². The molecule has 3 rings (SSSR count). The van der Waals surface area contributed by atoms with Crippen LogP contribution in [-0.4, -0.2) is 15.1 Å². The van der Waals surface area contributed by atoms with Crippen molar-refractivity contribution < 1.29 is 4.52 Å². The van der Waals surface area contributed by atoms with Crippen molar-refractivity contribution in [2.75, 3.05) is 5.73 Å². The van der Waals surface area contributed by atoms with Crippen LogP contribution in [0, 0.1) is 6.92 Å². The van der Waals surface area contributed by atoms with E-state index in [9.17, 15) is 0 Å². The van der Waals surface area contributed by atoms with Crippen LogP contribution in [0.4, 0.5) is 5.82 Å². The third kappa shape index (κ3) is 1.76. The first-order valence-corrected chi connectivity index (χ1v) is 6.16. The van der Waals surface area contributed by atoms with Crippen LogP contribution in [0.15, 0.2) is 35.1 Å². The van der Waals surface area contributed by atoms with Crippen molar-refractivity contribution in [1.82, 2.24) is 15.1 Å². The first-order chi connectivity index (χ1) is 8.75. The Balaban J connectivity index is 2.18. The number of aromatic nitrogens is 3. The molecule has 0 aliphatic rings. The molecule has 3 aromatic rings. The van der Waals surface area contributed by atoms with Gasteiger partial charge in [-0.2, -0.15) is 0 Å². The number of nitrogens with zero attached hydrogens (tertiary/aromatic N) is 3. The molecule has 90 valence electrons. The Morgan fingerprint density at radius 1 is 1.28 bits per heavy atom. The quantitative estimate of drug-likeness (QED) is 0.764. The van der Waals surface area contributed by atoms with Crippen LogP contribution in [0.25, 0.3) is 21.9 Å². The number of nitrogens with two attached hydrogens (primary N) is 1. The molecule has 0 radical (unpaired) electrons. The number of aryl methyl sites for hydroxylation is 1. The summed E-state index contributed by atoms with van der Waals surface area (Å²) >= 11 is 1.53. The predicted molar refractivity (Wildman–Crippen MR) is 70.0 cm³/mol. The van der Waals surface area contributed by atoms with E-state index in [1.807, 2.05) is 25.1 Å². The Morgan fingerprint density at radius 3 is 2.83 bits per heavy atom. The summed E-state index contributed by atoms with van der Waals surface area (Å²) in [6.45, 7) is 1.94. The molecule has 3 aromatic heterocycles. The van der Waals surface area contributed by atoms with Gasteiger partial charge in [-0.25, -0.2) is 4.98 Å². The average Bonchev–Trinajstić information content (AvgIpc) is 2.96.